The van der Waals surface area contributed by atoms with Crippen molar-refractivity contribution in [1.29, 1.82) is 0 Å². The Bertz CT molecular complexity index is 701. The predicted octanol–water partition coefficient (Wildman–Crippen LogP) is 2.81. The van der Waals surface area contributed by atoms with E-state index in [0.717, 1.165) is 6.42 Å². The molecular formula is C17H24FN5O. The summed E-state index contributed by atoms with van der Waals surface area (Å²) in [5, 5.41) is 15.0. The molecule has 0 aliphatic carbocycles. The molecule has 0 atom stereocenters. The lowest BCUT2D eigenvalue weighted by Crippen LogP contribution is -2.47. The van der Waals surface area contributed by atoms with E-state index in [2.05, 4.69) is 41.5 Å². The molecule has 0 radical (unpaired) electrons. The Morgan fingerprint density at radius 2 is 1.79 bits per heavy atom. The van der Waals surface area contributed by atoms with Crippen LogP contribution in [0, 0.1) is 11.2 Å². The topological polar surface area (TPSA) is 72.7 Å². The summed E-state index contributed by atoms with van der Waals surface area (Å²) in [6, 6.07) is 5.81. The van der Waals surface area contributed by atoms with E-state index in [-0.39, 0.29) is 29.2 Å². The Kier molecular flexibility index (Phi) is 5.01. The number of rotatable bonds is 5. The standard InChI is InChI=1S/C17H24FN5O/c1-16(2,3)11-17(4,5)19-14(24)10-23-21-15(20-22-23)12-6-8-13(18)9-7-12/h6-9H,10-11H2,1-5H3,(H,19,24). The van der Waals surface area contributed by atoms with Crippen LogP contribution in [0.25, 0.3) is 11.4 Å². The maximum absolute atomic E-state index is 12.9. The molecule has 0 saturated heterocycles. The van der Waals surface area contributed by atoms with Gasteiger partial charge in [-0.25, -0.2) is 4.39 Å². The third-order valence-corrected chi connectivity index (χ3v) is 3.29. The molecule has 1 N–H and O–H groups in total. The lowest BCUT2D eigenvalue weighted by molar-refractivity contribution is -0.124. The van der Waals surface area contributed by atoms with Crippen LogP contribution in [0.4, 0.5) is 4.39 Å². The van der Waals surface area contributed by atoms with E-state index in [0.29, 0.717) is 11.4 Å². The summed E-state index contributed by atoms with van der Waals surface area (Å²) in [5.74, 6) is -0.143. The van der Waals surface area contributed by atoms with Crippen LogP contribution in [0.2, 0.25) is 0 Å². The highest BCUT2D eigenvalue weighted by atomic mass is 19.1. The monoisotopic (exact) mass is 333 g/mol. The zero-order chi connectivity index (χ0) is 18.0. The summed E-state index contributed by atoms with van der Waals surface area (Å²) in [4.78, 5) is 13.5. The fourth-order valence-electron chi connectivity index (χ4n) is 2.94. The molecule has 1 aromatic carbocycles. The second kappa shape index (κ2) is 6.67. The zero-order valence-corrected chi connectivity index (χ0v) is 14.8. The molecule has 2 aromatic rings. The first kappa shape index (κ1) is 18.0. The number of nitrogens with zero attached hydrogens (tertiary/aromatic N) is 4. The maximum Gasteiger partial charge on any atom is 0.244 e. The SMILES string of the molecule is CC(C)(C)CC(C)(C)NC(=O)Cn1nnc(-c2ccc(F)cc2)n1. The van der Waals surface area contributed by atoms with Crippen LogP contribution in [0.1, 0.15) is 41.0 Å². The second-order valence-corrected chi connectivity index (χ2v) is 7.82. The molecule has 7 heteroatoms. The van der Waals surface area contributed by atoms with E-state index in [9.17, 15) is 9.18 Å². The molecule has 130 valence electrons. The normalized spacial score (nSPS) is 12.2. The minimum atomic E-state index is -0.327. The minimum absolute atomic E-state index is 0.0121. The Morgan fingerprint density at radius 3 is 2.38 bits per heavy atom. The van der Waals surface area contributed by atoms with Crippen LogP contribution in [0.15, 0.2) is 24.3 Å². The highest BCUT2D eigenvalue weighted by Gasteiger charge is 2.27. The van der Waals surface area contributed by atoms with Crippen molar-refractivity contribution in [3.63, 3.8) is 0 Å². The number of carbonyl (C=O) groups excluding carboxylic acids is 1. The fraction of sp³-hybridized carbons (Fsp3) is 0.529. The number of hydrogen-bond acceptors (Lipinski definition) is 4. The molecule has 1 heterocycles. The van der Waals surface area contributed by atoms with Crippen LogP contribution in [0.5, 0.6) is 0 Å². The molecular weight excluding hydrogens is 309 g/mol. The smallest absolute Gasteiger partial charge is 0.244 e. The number of nitrogens with one attached hydrogen (secondary N) is 1. The van der Waals surface area contributed by atoms with Crippen molar-refractivity contribution in [1.82, 2.24) is 25.5 Å². The van der Waals surface area contributed by atoms with Gasteiger partial charge in [0.1, 0.15) is 12.4 Å². The van der Waals surface area contributed by atoms with Crippen molar-refractivity contribution in [3.8, 4) is 11.4 Å². The minimum Gasteiger partial charge on any atom is -0.350 e. The van der Waals surface area contributed by atoms with Gasteiger partial charge in [-0.1, -0.05) is 20.8 Å². The van der Waals surface area contributed by atoms with Gasteiger partial charge in [0.25, 0.3) is 0 Å². The summed E-state index contributed by atoms with van der Waals surface area (Å²) >= 11 is 0. The molecule has 0 spiro atoms. The van der Waals surface area contributed by atoms with Gasteiger partial charge in [-0.15, -0.1) is 10.2 Å². The van der Waals surface area contributed by atoms with Crippen molar-refractivity contribution >= 4 is 5.91 Å². The van der Waals surface area contributed by atoms with Gasteiger partial charge in [-0.2, -0.15) is 4.80 Å². The molecule has 0 aliphatic heterocycles. The van der Waals surface area contributed by atoms with Crippen molar-refractivity contribution in [2.75, 3.05) is 0 Å². The zero-order valence-electron chi connectivity index (χ0n) is 14.8. The molecule has 24 heavy (non-hydrogen) atoms. The third-order valence-electron chi connectivity index (χ3n) is 3.29. The summed E-state index contributed by atoms with van der Waals surface area (Å²) in [6.07, 6.45) is 0.845. The van der Waals surface area contributed by atoms with E-state index < -0.39 is 0 Å². The molecule has 0 bridgehead atoms. The van der Waals surface area contributed by atoms with Crippen LogP contribution in [-0.2, 0) is 11.3 Å². The summed E-state index contributed by atoms with van der Waals surface area (Å²) in [5.41, 5.74) is 0.435. The number of hydrogen-bond donors (Lipinski definition) is 1. The highest BCUT2D eigenvalue weighted by molar-refractivity contribution is 5.76. The van der Waals surface area contributed by atoms with E-state index in [1.165, 1.54) is 16.9 Å². The van der Waals surface area contributed by atoms with Gasteiger partial charge >= 0.3 is 0 Å². The molecule has 0 aliphatic rings. The molecule has 0 fully saturated rings. The highest BCUT2D eigenvalue weighted by Crippen LogP contribution is 2.26. The van der Waals surface area contributed by atoms with Crippen LogP contribution in [-0.4, -0.2) is 31.7 Å². The number of halogens is 1. The van der Waals surface area contributed by atoms with Crippen LogP contribution >= 0.6 is 0 Å². The molecule has 0 unspecified atom stereocenters. The van der Waals surface area contributed by atoms with Crippen molar-refractivity contribution < 1.29 is 9.18 Å². The molecule has 1 amide bonds. The number of benzene rings is 1. The fourth-order valence-corrected chi connectivity index (χ4v) is 2.94. The number of aromatic nitrogens is 4. The summed E-state index contributed by atoms with van der Waals surface area (Å²) in [7, 11) is 0. The van der Waals surface area contributed by atoms with Gasteiger partial charge in [-0.05, 0) is 55.2 Å². The second-order valence-electron chi connectivity index (χ2n) is 7.82. The average molecular weight is 333 g/mol. The van der Waals surface area contributed by atoms with E-state index in [1.54, 1.807) is 12.1 Å². The van der Waals surface area contributed by atoms with Gasteiger partial charge in [0.2, 0.25) is 11.7 Å². The largest absolute Gasteiger partial charge is 0.350 e. The van der Waals surface area contributed by atoms with E-state index in [4.69, 9.17) is 0 Å². The lowest BCUT2D eigenvalue weighted by atomic mass is 9.82. The Balaban J connectivity index is 1.99. The quantitative estimate of drug-likeness (QED) is 0.913. The summed E-state index contributed by atoms with van der Waals surface area (Å²) in [6.45, 7) is 10.4. The third kappa shape index (κ3) is 5.40. The van der Waals surface area contributed by atoms with Crippen LogP contribution < -0.4 is 5.32 Å². The average Bonchev–Trinajstić information content (AvgIpc) is 2.84. The maximum atomic E-state index is 12.9. The first-order valence-corrected chi connectivity index (χ1v) is 7.89. The number of amides is 1. The Hall–Kier alpha value is -2.31. The molecule has 0 saturated carbocycles. The summed E-state index contributed by atoms with van der Waals surface area (Å²) < 4.78 is 12.9. The van der Waals surface area contributed by atoms with Crippen molar-refractivity contribution in [2.45, 2.75) is 53.1 Å². The number of carbonyl (C=O) groups is 1. The van der Waals surface area contributed by atoms with Gasteiger partial charge in [-0.3, -0.25) is 4.79 Å². The van der Waals surface area contributed by atoms with Gasteiger partial charge in [0, 0.05) is 11.1 Å². The Morgan fingerprint density at radius 1 is 1.17 bits per heavy atom. The van der Waals surface area contributed by atoms with Crippen LogP contribution in [0.3, 0.4) is 0 Å². The van der Waals surface area contributed by atoms with E-state index in [1.807, 2.05) is 13.8 Å². The molecule has 6 nitrogen and oxygen atoms in total. The van der Waals surface area contributed by atoms with Crippen molar-refractivity contribution in [3.05, 3.63) is 30.1 Å². The van der Waals surface area contributed by atoms with Gasteiger partial charge in [0.05, 0.1) is 0 Å². The number of tetrazole rings is 1. The first-order valence-electron chi connectivity index (χ1n) is 7.89. The lowest BCUT2D eigenvalue weighted by Gasteiger charge is -2.33. The van der Waals surface area contributed by atoms with E-state index >= 15 is 0 Å². The molecule has 2 rings (SSSR count). The van der Waals surface area contributed by atoms with Crippen molar-refractivity contribution in [2.24, 2.45) is 5.41 Å². The first-order chi connectivity index (χ1) is 11.0. The Labute approximate surface area is 141 Å². The van der Waals surface area contributed by atoms with Gasteiger partial charge in [0.15, 0.2) is 0 Å². The predicted molar refractivity (Wildman–Crippen MR) is 89.5 cm³/mol. The van der Waals surface area contributed by atoms with Gasteiger partial charge < -0.3 is 5.32 Å². The molecule has 1 aromatic heterocycles.